The molecule has 3 atom stereocenters. The number of rotatable bonds is 7. The Bertz CT molecular complexity index is 716. The maximum Gasteiger partial charge on any atom is 0.471 e. The molecule has 1 unspecified atom stereocenters. The average Bonchev–Trinajstić information content (AvgIpc) is 3.45. The van der Waals surface area contributed by atoms with E-state index in [1.165, 1.54) is 24.6 Å². The van der Waals surface area contributed by atoms with E-state index in [2.05, 4.69) is 15.4 Å². The van der Waals surface area contributed by atoms with Gasteiger partial charge in [-0.3, -0.25) is 19.2 Å². The zero-order valence-corrected chi connectivity index (χ0v) is 20.6. The number of likely N-dealkylation sites (tertiary alicyclic amines) is 1. The summed E-state index contributed by atoms with van der Waals surface area (Å²) in [6.45, 7) is 0.236. The zero-order valence-electron chi connectivity index (χ0n) is 20.6. The zero-order chi connectivity index (χ0) is 28.3. The largest absolute Gasteiger partial charge is 0.471 e. The second-order valence-corrected chi connectivity index (χ2v) is 8.34. The molecule has 1 aliphatic carbocycles. The summed E-state index contributed by atoms with van der Waals surface area (Å²) in [5.74, 6) is -0.257. The van der Waals surface area contributed by atoms with Gasteiger partial charge < -0.3 is 25.6 Å². The monoisotopic (exact) mass is 543 g/mol. The SMILES string of the molecule is CC(C#N)NC=O.O=C(NCCOC(F)F)C(F)(F)F.O=C1CCCCN1.O=CN1C[C@H]2CCC[C@H]2C1. The lowest BCUT2D eigenvalue weighted by atomic mass is 10.0. The molecule has 3 aliphatic rings. The van der Waals surface area contributed by atoms with Crippen molar-refractivity contribution in [2.24, 2.45) is 11.8 Å². The molecule has 4 amide bonds. The van der Waals surface area contributed by atoms with Gasteiger partial charge in [-0.2, -0.15) is 27.2 Å². The van der Waals surface area contributed by atoms with Gasteiger partial charge in [-0.15, -0.1) is 0 Å². The average molecular weight is 544 g/mol. The van der Waals surface area contributed by atoms with Gasteiger partial charge in [0.25, 0.3) is 0 Å². The van der Waals surface area contributed by atoms with Crippen LogP contribution in [0, 0.1) is 23.2 Å². The fraction of sp³-hybridized carbons (Fsp3) is 0.773. The first kappa shape index (κ1) is 34.0. The number of fused-ring (bicyclic) bond motifs is 1. The summed E-state index contributed by atoms with van der Waals surface area (Å²) < 4.78 is 60.4. The van der Waals surface area contributed by atoms with Gasteiger partial charge >= 0.3 is 18.7 Å². The minimum atomic E-state index is -5.00. The van der Waals surface area contributed by atoms with Crippen LogP contribution in [-0.2, 0) is 23.9 Å². The number of nitriles is 1. The molecule has 3 rings (SSSR count). The number of hydrogen-bond acceptors (Lipinski definition) is 6. The summed E-state index contributed by atoms with van der Waals surface area (Å²) >= 11 is 0. The van der Waals surface area contributed by atoms with Crippen molar-refractivity contribution in [2.75, 3.05) is 32.8 Å². The number of halogens is 5. The number of alkyl halides is 5. The van der Waals surface area contributed by atoms with Crippen molar-refractivity contribution in [3.05, 3.63) is 0 Å². The molecule has 0 spiro atoms. The van der Waals surface area contributed by atoms with Crippen molar-refractivity contribution in [1.82, 2.24) is 20.9 Å². The van der Waals surface area contributed by atoms with Crippen LogP contribution < -0.4 is 16.0 Å². The van der Waals surface area contributed by atoms with Crippen LogP contribution in [0.3, 0.4) is 0 Å². The quantitative estimate of drug-likeness (QED) is 0.254. The first-order valence-electron chi connectivity index (χ1n) is 11.7. The number of piperidine rings is 1. The van der Waals surface area contributed by atoms with Crippen molar-refractivity contribution in [1.29, 1.82) is 5.26 Å². The highest BCUT2D eigenvalue weighted by Gasteiger charge is 2.38. The molecule has 37 heavy (non-hydrogen) atoms. The molecule has 0 aromatic heterocycles. The van der Waals surface area contributed by atoms with E-state index in [1.54, 1.807) is 6.92 Å². The molecular weight excluding hydrogens is 509 g/mol. The van der Waals surface area contributed by atoms with Crippen LogP contribution in [0.15, 0.2) is 0 Å². The molecule has 2 aliphatic heterocycles. The number of carbonyl (C=O) groups excluding carboxylic acids is 4. The van der Waals surface area contributed by atoms with Gasteiger partial charge in [0.1, 0.15) is 6.04 Å². The Morgan fingerprint density at radius 2 is 1.84 bits per heavy atom. The van der Waals surface area contributed by atoms with Crippen LogP contribution in [0.25, 0.3) is 0 Å². The second kappa shape index (κ2) is 19.1. The Morgan fingerprint density at radius 1 is 1.22 bits per heavy atom. The van der Waals surface area contributed by atoms with Gasteiger partial charge in [-0.05, 0) is 44.4 Å². The summed E-state index contributed by atoms with van der Waals surface area (Å²) in [5, 5.41) is 14.3. The Balaban J connectivity index is 0.000000483. The minimum Gasteiger partial charge on any atom is -0.356 e. The molecule has 10 nitrogen and oxygen atoms in total. The standard InChI is InChI=1S/C8H13NO.C5H6F5NO2.C5H9NO.C4H6N2O/c10-6-9-4-7-2-1-3-8(7)5-9;6-4(7)13-2-1-11-3(12)5(8,9)10;7-5-3-1-2-4-6-5;1-4(2-5)6-3-7/h6-8H,1-5H2;4H,1-2H2,(H,11,12);1-4H2,(H,6,7);3-4H,1H3,(H,6,7)/t7-,8+;;;. The first-order valence-corrected chi connectivity index (χ1v) is 11.7. The van der Waals surface area contributed by atoms with Crippen molar-refractivity contribution in [3.8, 4) is 6.07 Å². The van der Waals surface area contributed by atoms with Crippen LogP contribution >= 0.6 is 0 Å². The predicted octanol–water partition coefficient (Wildman–Crippen LogP) is 1.71. The highest BCUT2D eigenvalue weighted by Crippen LogP contribution is 2.36. The second-order valence-electron chi connectivity index (χ2n) is 8.34. The molecule has 0 aromatic rings. The van der Waals surface area contributed by atoms with Gasteiger partial charge in [0.15, 0.2) is 0 Å². The van der Waals surface area contributed by atoms with Crippen LogP contribution in [0.4, 0.5) is 22.0 Å². The summed E-state index contributed by atoms with van der Waals surface area (Å²) in [6, 6.07) is 1.46. The third-order valence-corrected chi connectivity index (χ3v) is 5.46. The molecule has 3 N–H and O–H groups in total. The Labute approximate surface area is 212 Å². The molecular formula is C22H34F5N5O5. The molecule has 0 aromatic carbocycles. The number of ether oxygens (including phenoxy) is 1. The van der Waals surface area contributed by atoms with Crippen LogP contribution in [0.5, 0.6) is 0 Å². The van der Waals surface area contributed by atoms with Crippen molar-refractivity contribution < 1.29 is 45.9 Å². The van der Waals surface area contributed by atoms with E-state index >= 15 is 0 Å². The Morgan fingerprint density at radius 3 is 2.19 bits per heavy atom. The smallest absolute Gasteiger partial charge is 0.356 e. The van der Waals surface area contributed by atoms with E-state index in [9.17, 15) is 41.1 Å². The highest BCUT2D eigenvalue weighted by atomic mass is 19.4. The highest BCUT2D eigenvalue weighted by molar-refractivity contribution is 5.81. The predicted molar refractivity (Wildman–Crippen MR) is 121 cm³/mol. The van der Waals surface area contributed by atoms with E-state index in [1.807, 2.05) is 11.0 Å². The van der Waals surface area contributed by atoms with Gasteiger partial charge in [0, 0.05) is 32.6 Å². The van der Waals surface area contributed by atoms with Crippen LogP contribution in [-0.4, -0.2) is 81.2 Å². The number of carbonyl (C=O) groups is 4. The van der Waals surface area contributed by atoms with E-state index in [-0.39, 0.29) is 11.9 Å². The van der Waals surface area contributed by atoms with Gasteiger partial charge in [-0.1, -0.05) is 6.42 Å². The molecule has 0 bridgehead atoms. The third kappa shape index (κ3) is 17.1. The van der Waals surface area contributed by atoms with E-state index in [0.717, 1.165) is 57.1 Å². The number of nitrogens with zero attached hydrogens (tertiary/aromatic N) is 2. The Hall–Kier alpha value is -3.02. The van der Waals surface area contributed by atoms with Gasteiger partial charge in [0.05, 0.1) is 12.7 Å². The topological polar surface area (TPSA) is 141 Å². The lowest BCUT2D eigenvalue weighted by Gasteiger charge is -2.08. The fourth-order valence-electron chi connectivity index (χ4n) is 3.64. The fourth-order valence-corrected chi connectivity index (χ4v) is 3.64. The number of nitrogens with one attached hydrogen (secondary N) is 3. The van der Waals surface area contributed by atoms with Crippen LogP contribution in [0.2, 0.25) is 0 Å². The molecule has 1 saturated carbocycles. The van der Waals surface area contributed by atoms with Crippen molar-refractivity contribution in [3.63, 3.8) is 0 Å². The van der Waals surface area contributed by atoms with Gasteiger partial charge in [0.2, 0.25) is 18.7 Å². The normalized spacial score (nSPS) is 20.7. The van der Waals surface area contributed by atoms with Crippen LogP contribution in [0.1, 0.15) is 45.4 Å². The van der Waals surface area contributed by atoms with E-state index < -0.39 is 31.8 Å². The number of hydrogen-bond donors (Lipinski definition) is 3. The summed E-state index contributed by atoms with van der Waals surface area (Å²) in [7, 11) is 0. The van der Waals surface area contributed by atoms with Crippen molar-refractivity contribution >= 4 is 24.6 Å². The van der Waals surface area contributed by atoms with Crippen molar-refractivity contribution in [2.45, 2.75) is 64.3 Å². The summed E-state index contributed by atoms with van der Waals surface area (Å²) in [5.41, 5.74) is 0. The molecule has 0 radical (unpaired) electrons. The summed E-state index contributed by atoms with van der Waals surface area (Å²) in [4.78, 5) is 42.2. The molecule has 2 saturated heterocycles. The minimum absolute atomic E-state index is 0.214. The maximum atomic E-state index is 11.4. The third-order valence-electron chi connectivity index (χ3n) is 5.46. The molecule has 15 heteroatoms. The molecule has 2 heterocycles. The summed E-state index contributed by atoms with van der Waals surface area (Å²) in [6.07, 6.45) is 3.58. The maximum absolute atomic E-state index is 11.4. The Kier molecular flexibility index (Phi) is 17.6. The molecule has 3 fully saturated rings. The lowest BCUT2D eigenvalue weighted by molar-refractivity contribution is -0.174. The van der Waals surface area contributed by atoms with Gasteiger partial charge in [-0.25, -0.2) is 0 Å². The number of amides is 4. The lowest BCUT2D eigenvalue weighted by Crippen LogP contribution is -2.38. The van der Waals surface area contributed by atoms with E-state index in [0.29, 0.717) is 6.41 Å². The molecule has 212 valence electrons. The van der Waals surface area contributed by atoms with E-state index in [4.69, 9.17) is 5.26 Å². The first-order chi connectivity index (χ1) is 17.4.